The van der Waals surface area contributed by atoms with Gasteiger partial charge in [0.05, 0.1) is 11.8 Å². The first kappa shape index (κ1) is 15.0. The Morgan fingerprint density at radius 1 is 1.40 bits per heavy atom. The van der Waals surface area contributed by atoms with Crippen LogP contribution in [-0.2, 0) is 15.0 Å². The minimum absolute atomic E-state index is 0.137. The predicted octanol–water partition coefficient (Wildman–Crippen LogP) is 2.50. The van der Waals surface area contributed by atoms with Crippen LogP contribution in [0.2, 0.25) is 0 Å². The van der Waals surface area contributed by atoms with Crippen LogP contribution in [0.4, 0.5) is 0 Å². The van der Waals surface area contributed by atoms with Gasteiger partial charge in [-0.05, 0) is 16.9 Å². The average molecular weight is 295 g/mol. The fourth-order valence-electron chi connectivity index (χ4n) is 2.76. The van der Waals surface area contributed by atoms with Crippen LogP contribution < -0.4 is 5.32 Å². The van der Waals surface area contributed by atoms with Crippen LogP contribution in [0.3, 0.4) is 0 Å². The number of nitrogens with one attached hydrogen (secondary N) is 1. The molecule has 1 aromatic heterocycles. The Morgan fingerprint density at radius 3 is 2.50 bits per heavy atom. The summed E-state index contributed by atoms with van der Waals surface area (Å²) in [5.74, 6) is -2.01. The summed E-state index contributed by atoms with van der Waals surface area (Å²) in [6.45, 7) is 8.34. The number of amides is 1. The first-order valence-electron chi connectivity index (χ1n) is 6.72. The molecule has 1 heterocycles. The molecule has 0 bridgehead atoms. The lowest BCUT2D eigenvalue weighted by Crippen LogP contribution is -2.37. The number of thiophene rings is 1. The van der Waals surface area contributed by atoms with Crippen molar-refractivity contribution in [2.24, 2.45) is 17.3 Å². The Balaban J connectivity index is 1.96. The fraction of sp³-hybridized carbons (Fsp3) is 0.600. The van der Waals surface area contributed by atoms with Gasteiger partial charge in [0.1, 0.15) is 0 Å². The highest BCUT2D eigenvalue weighted by Crippen LogP contribution is 2.58. The maximum absolute atomic E-state index is 12.2. The maximum atomic E-state index is 12.2. The zero-order valence-electron chi connectivity index (χ0n) is 12.3. The van der Waals surface area contributed by atoms with Gasteiger partial charge in [-0.25, -0.2) is 0 Å². The van der Waals surface area contributed by atoms with Crippen LogP contribution in [0.1, 0.15) is 32.6 Å². The van der Waals surface area contributed by atoms with E-state index in [2.05, 4.69) is 25.2 Å². The van der Waals surface area contributed by atoms with E-state index in [1.54, 1.807) is 11.3 Å². The molecule has 0 saturated heterocycles. The van der Waals surface area contributed by atoms with E-state index in [1.165, 1.54) is 4.88 Å². The first-order chi connectivity index (χ1) is 9.18. The second-order valence-corrected chi connectivity index (χ2v) is 7.64. The minimum atomic E-state index is -0.882. The standard InChI is InChI=1S/C15H21NO3S/c1-14(2,9-6-5-7-20-9)8-16-12(17)10-11(13(18)19)15(10,3)4/h5-7,10-11H,8H2,1-4H3,(H,16,17)(H,18,19). The monoisotopic (exact) mass is 295 g/mol. The Hall–Kier alpha value is -1.36. The van der Waals surface area contributed by atoms with Crippen molar-refractivity contribution in [3.63, 3.8) is 0 Å². The van der Waals surface area contributed by atoms with Gasteiger partial charge in [0.15, 0.2) is 0 Å². The molecule has 1 aliphatic rings. The molecule has 1 saturated carbocycles. The van der Waals surface area contributed by atoms with Crippen LogP contribution >= 0.6 is 11.3 Å². The number of carbonyl (C=O) groups is 2. The Labute approximate surface area is 123 Å². The molecule has 1 aliphatic carbocycles. The largest absolute Gasteiger partial charge is 0.481 e. The van der Waals surface area contributed by atoms with Crippen molar-refractivity contribution in [1.82, 2.24) is 5.32 Å². The van der Waals surface area contributed by atoms with Gasteiger partial charge in [-0.1, -0.05) is 33.8 Å². The topological polar surface area (TPSA) is 66.4 Å². The third kappa shape index (κ3) is 2.59. The van der Waals surface area contributed by atoms with Crippen LogP contribution in [0.15, 0.2) is 17.5 Å². The fourth-order valence-corrected chi connectivity index (χ4v) is 3.61. The number of hydrogen-bond acceptors (Lipinski definition) is 3. The Kier molecular flexibility index (Phi) is 3.67. The SMILES string of the molecule is CC(C)(CNC(=O)C1C(C(=O)O)C1(C)C)c1cccs1. The van der Waals surface area contributed by atoms with Gasteiger partial charge in [0.25, 0.3) is 0 Å². The lowest BCUT2D eigenvalue weighted by Gasteiger charge is -2.23. The van der Waals surface area contributed by atoms with Gasteiger partial charge in [-0.3, -0.25) is 9.59 Å². The van der Waals surface area contributed by atoms with Crippen molar-refractivity contribution in [1.29, 1.82) is 0 Å². The molecule has 2 N–H and O–H groups in total. The highest BCUT2D eigenvalue weighted by Gasteiger charge is 2.65. The summed E-state index contributed by atoms with van der Waals surface area (Å²) in [7, 11) is 0. The zero-order chi connectivity index (χ0) is 15.1. The van der Waals surface area contributed by atoms with Gasteiger partial charge in [-0.2, -0.15) is 0 Å². The Bertz CT molecular complexity index is 519. The quantitative estimate of drug-likeness (QED) is 0.877. The summed E-state index contributed by atoms with van der Waals surface area (Å²) in [5.41, 5.74) is -0.579. The van der Waals surface area contributed by atoms with Gasteiger partial charge < -0.3 is 10.4 Å². The normalized spacial score (nSPS) is 24.2. The molecule has 0 radical (unpaired) electrons. The first-order valence-corrected chi connectivity index (χ1v) is 7.60. The molecule has 2 unspecified atom stereocenters. The minimum Gasteiger partial charge on any atom is -0.481 e. The zero-order valence-corrected chi connectivity index (χ0v) is 13.1. The van der Waals surface area contributed by atoms with E-state index in [0.717, 1.165) is 0 Å². The third-order valence-electron chi connectivity index (χ3n) is 4.27. The lowest BCUT2D eigenvalue weighted by molar-refractivity contribution is -0.140. The Morgan fingerprint density at radius 2 is 2.05 bits per heavy atom. The molecule has 0 spiro atoms. The average Bonchev–Trinajstić information content (AvgIpc) is 2.76. The van der Waals surface area contributed by atoms with Crippen molar-refractivity contribution in [2.75, 3.05) is 6.54 Å². The summed E-state index contributed by atoms with van der Waals surface area (Å²) >= 11 is 1.67. The molecule has 5 heteroatoms. The van der Waals surface area contributed by atoms with E-state index in [4.69, 9.17) is 5.11 Å². The van der Waals surface area contributed by atoms with Gasteiger partial charge in [-0.15, -0.1) is 11.3 Å². The van der Waals surface area contributed by atoms with E-state index in [9.17, 15) is 9.59 Å². The lowest BCUT2D eigenvalue weighted by atomic mass is 9.91. The number of rotatable bonds is 5. The van der Waals surface area contributed by atoms with Crippen molar-refractivity contribution in [3.05, 3.63) is 22.4 Å². The van der Waals surface area contributed by atoms with E-state index >= 15 is 0 Å². The summed E-state index contributed by atoms with van der Waals surface area (Å²) in [5, 5.41) is 14.0. The maximum Gasteiger partial charge on any atom is 0.307 e. The second kappa shape index (κ2) is 4.88. The predicted molar refractivity (Wildman–Crippen MR) is 78.8 cm³/mol. The van der Waals surface area contributed by atoms with Crippen molar-refractivity contribution in [3.8, 4) is 0 Å². The molecule has 1 amide bonds. The van der Waals surface area contributed by atoms with Crippen LogP contribution in [-0.4, -0.2) is 23.5 Å². The van der Waals surface area contributed by atoms with Crippen molar-refractivity contribution >= 4 is 23.2 Å². The van der Waals surface area contributed by atoms with E-state index in [1.807, 2.05) is 25.3 Å². The van der Waals surface area contributed by atoms with E-state index in [0.29, 0.717) is 6.54 Å². The highest BCUT2D eigenvalue weighted by molar-refractivity contribution is 7.10. The number of carboxylic acids is 1. The smallest absolute Gasteiger partial charge is 0.307 e. The molecule has 1 fully saturated rings. The molecule has 2 rings (SSSR count). The van der Waals surface area contributed by atoms with Crippen LogP contribution in [0.5, 0.6) is 0 Å². The summed E-state index contributed by atoms with van der Waals surface area (Å²) in [4.78, 5) is 24.5. The van der Waals surface area contributed by atoms with E-state index < -0.39 is 23.2 Å². The summed E-state index contributed by atoms with van der Waals surface area (Å²) < 4.78 is 0. The molecular formula is C15H21NO3S. The van der Waals surface area contributed by atoms with Gasteiger partial charge >= 0.3 is 5.97 Å². The van der Waals surface area contributed by atoms with E-state index in [-0.39, 0.29) is 11.3 Å². The van der Waals surface area contributed by atoms with Gasteiger partial charge in [0, 0.05) is 16.8 Å². The van der Waals surface area contributed by atoms with Crippen molar-refractivity contribution in [2.45, 2.75) is 33.1 Å². The molecule has 110 valence electrons. The van der Waals surface area contributed by atoms with Crippen molar-refractivity contribution < 1.29 is 14.7 Å². The van der Waals surface area contributed by atoms with Gasteiger partial charge in [0.2, 0.25) is 5.91 Å². The molecule has 20 heavy (non-hydrogen) atoms. The number of hydrogen-bond donors (Lipinski definition) is 2. The molecule has 0 aromatic carbocycles. The molecule has 2 atom stereocenters. The molecular weight excluding hydrogens is 274 g/mol. The third-order valence-corrected chi connectivity index (χ3v) is 5.50. The molecule has 1 aromatic rings. The van der Waals surface area contributed by atoms with Crippen LogP contribution in [0, 0.1) is 17.3 Å². The molecule has 4 nitrogen and oxygen atoms in total. The number of carbonyl (C=O) groups excluding carboxylic acids is 1. The highest BCUT2D eigenvalue weighted by atomic mass is 32.1. The summed E-state index contributed by atoms with van der Waals surface area (Å²) in [6, 6.07) is 4.05. The summed E-state index contributed by atoms with van der Waals surface area (Å²) in [6.07, 6.45) is 0. The van der Waals surface area contributed by atoms with Crippen LogP contribution in [0.25, 0.3) is 0 Å². The molecule has 0 aliphatic heterocycles. The second-order valence-electron chi connectivity index (χ2n) is 6.69. The number of carboxylic acid groups (broad SMARTS) is 1. The number of aliphatic carboxylic acids is 1.